The number of carbonyl (C=O) groups is 2. The van der Waals surface area contributed by atoms with Crippen LogP contribution < -0.4 is 11.1 Å². The molecule has 0 rings (SSSR count). The third-order valence-electron chi connectivity index (χ3n) is 1.68. The topological polar surface area (TPSA) is 102 Å². The molecular weight excluding hydrogens is 336 g/mol. The van der Waals surface area contributed by atoms with Crippen LogP contribution in [-0.2, 0) is 14.3 Å². The molecule has 0 fully saturated rings. The molecule has 0 saturated heterocycles. The average molecular weight is 363 g/mol. The third-order valence-corrected chi connectivity index (χ3v) is 2.02. The minimum atomic E-state index is -1.09. The van der Waals surface area contributed by atoms with E-state index >= 15 is 0 Å². The molecule has 0 bridgehead atoms. The summed E-state index contributed by atoms with van der Waals surface area (Å²) in [6, 6.07) is 0. The molecule has 21 heavy (non-hydrogen) atoms. The van der Waals surface area contributed by atoms with Gasteiger partial charge in [0, 0.05) is 22.6 Å². The smallest absolute Gasteiger partial charge is 0.329 e. The first-order chi connectivity index (χ1) is 8.87. The predicted molar refractivity (Wildman–Crippen MR) is 93.9 cm³/mol. The number of ether oxygens (including phenoxy) is 1. The maximum Gasteiger partial charge on any atom is 0.329 e. The Morgan fingerprint density at radius 3 is 1.86 bits per heavy atom. The van der Waals surface area contributed by atoms with Crippen LogP contribution in [0.2, 0.25) is 0 Å². The van der Waals surface area contributed by atoms with Gasteiger partial charge in [-0.25, -0.2) is 4.79 Å². The predicted octanol–water partition coefficient (Wildman–Crippen LogP) is 0.988. The van der Waals surface area contributed by atoms with Gasteiger partial charge in [-0.05, 0) is 27.7 Å². The first-order valence-electron chi connectivity index (χ1n) is 6.08. The van der Waals surface area contributed by atoms with E-state index in [4.69, 9.17) is 10.8 Å². The molecule has 0 aromatic rings. The Morgan fingerprint density at radius 1 is 1.14 bits per heavy atom. The van der Waals surface area contributed by atoms with Crippen LogP contribution in [0.5, 0.6) is 0 Å². The summed E-state index contributed by atoms with van der Waals surface area (Å²) in [5.41, 5.74) is 5.23. The van der Waals surface area contributed by atoms with E-state index in [0.717, 1.165) is 0 Å². The molecule has 9 heteroatoms. The van der Waals surface area contributed by atoms with Gasteiger partial charge in [-0.15, -0.1) is 12.4 Å². The minimum Gasteiger partial charge on any atom is -0.480 e. The highest BCUT2D eigenvalue weighted by Gasteiger charge is 2.12. The highest BCUT2D eigenvalue weighted by atomic mass is 35.5. The van der Waals surface area contributed by atoms with Crippen molar-refractivity contribution in [3.8, 4) is 0 Å². The summed E-state index contributed by atoms with van der Waals surface area (Å²) in [5, 5.41) is 10.8. The van der Waals surface area contributed by atoms with Gasteiger partial charge in [-0.3, -0.25) is 4.79 Å². The van der Waals surface area contributed by atoms with E-state index < -0.39 is 12.6 Å². The van der Waals surface area contributed by atoms with Gasteiger partial charge < -0.3 is 20.9 Å². The van der Waals surface area contributed by atoms with Crippen molar-refractivity contribution >= 4 is 49.5 Å². The summed E-state index contributed by atoms with van der Waals surface area (Å²) in [5.74, 6) is -1.43. The van der Waals surface area contributed by atoms with Crippen molar-refractivity contribution in [3.63, 3.8) is 0 Å². The molecule has 4 N–H and O–H groups in total. The maximum atomic E-state index is 11.0. The van der Waals surface area contributed by atoms with E-state index in [9.17, 15) is 9.59 Å². The van der Waals surface area contributed by atoms with Crippen LogP contribution in [-0.4, -0.2) is 52.8 Å². The van der Waals surface area contributed by atoms with Gasteiger partial charge >= 0.3 is 5.97 Å². The fourth-order valence-corrected chi connectivity index (χ4v) is 0.676. The lowest BCUT2D eigenvalue weighted by atomic mass is 10.2. The quantitative estimate of drug-likeness (QED) is 0.435. The zero-order chi connectivity index (χ0) is 16.4. The fourth-order valence-electron chi connectivity index (χ4n) is 0.597. The molecule has 0 aromatic carbocycles. The Balaban J connectivity index is -0.000000394. The minimum absolute atomic E-state index is 0. The van der Waals surface area contributed by atoms with Crippen LogP contribution >= 0.6 is 37.7 Å². The number of nitrogens with two attached hydrogens (primary N) is 1. The van der Waals surface area contributed by atoms with E-state index in [2.05, 4.69) is 35.3 Å². The number of rotatable bonds is 7. The van der Waals surface area contributed by atoms with E-state index in [0.29, 0.717) is 13.1 Å². The molecule has 0 aliphatic carbocycles. The Morgan fingerprint density at radius 2 is 1.57 bits per heavy atom. The maximum absolute atomic E-state index is 11.0. The van der Waals surface area contributed by atoms with Crippen LogP contribution in [0.3, 0.4) is 0 Å². The van der Waals surface area contributed by atoms with Gasteiger partial charge in [0.05, 0.1) is 0 Å². The first-order valence-corrected chi connectivity index (χ1v) is 6.98. The number of nitrogens with one attached hydrogen (secondary N) is 1. The molecule has 0 spiro atoms. The van der Waals surface area contributed by atoms with Gasteiger partial charge in [0.25, 0.3) is 0 Å². The Bertz CT molecular complexity index is 305. The van der Waals surface area contributed by atoms with Crippen LogP contribution in [0.15, 0.2) is 0 Å². The monoisotopic (exact) mass is 362 g/mol. The second kappa shape index (κ2) is 12.4. The molecule has 1 amide bonds. The molecule has 0 aromatic heterocycles. The van der Waals surface area contributed by atoms with Crippen LogP contribution in [0.1, 0.15) is 27.7 Å². The standard InChI is InChI=1S/C8H15NO4S.C4H11NS.ClH/c1-8(2,14)5-9-6(10)3-13-4-7(11)12;1-4(2,6)3-5;/h14H,3-5H2,1-2H3,(H,9,10)(H,11,12);6H,3,5H2,1-2H3;1H. The summed E-state index contributed by atoms with van der Waals surface area (Å²) in [6.45, 7) is 8.02. The second-order valence-electron chi connectivity index (χ2n) is 5.49. The molecule has 0 heterocycles. The summed E-state index contributed by atoms with van der Waals surface area (Å²) < 4.78 is 4.31. The van der Waals surface area contributed by atoms with Crippen molar-refractivity contribution < 1.29 is 19.4 Å². The number of hydrogen-bond acceptors (Lipinski definition) is 6. The SMILES string of the molecule is CC(C)(S)CN.CC(C)(S)CNC(=O)COCC(=O)O.Cl. The normalized spacial score (nSPS) is 10.8. The van der Waals surface area contributed by atoms with Gasteiger partial charge in [0.15, 0.2) is 0 Å². The lowest BCUT2D eigenvalue weighted by Gasteiger charge is -2.17. The molecule has 0 aliphatic heterocycles. The van der Waals surface area contributed by atoms with Crippen molar-refractivity contribution in [2.45, 2.75) is 37.2 Å². The number of halogens is 1. The zero-order valence-corrected chi connectivity index (χ0v) is 15.5. The summed E-state index contributed by atoms with van der Waals surface area (Å²) in [4.78, 5) is 21.0. The van der Waals surface area contributed by atoms with E-state index in [1.807, 2.05) is 27.7 Å². The van der Waals surface area contributed by atoms with Crippen molar-refractivity contribution in [2.24, 2.45) is 5.73 Å². The number of carboxylic acid groups (broad SMARTS) is 1. The van der Waals surface area contributed by atoms with Crippen molar-refractivity contribution in [1.29, 1.82) is 0 Å². The largest absolute Gasteiger partial charge is 0.480 e. The van der Waals surface area contributed by atoms with Crippen LogP contribution in [0.4, 0.5) is 0 Å². The third kappa shape index (κ3) is 28.7. The number of carbonyl (C=O) groups excluding carboxylic acids is 1. The van der Waals surface area contributed by atoms with Gasteiger partial charge in [0.2, 0.25) is 5.91 Å². The molecule has 0 aliphatic rings. The van der Waals surface area contributed by atoms with Crippen LogP contribution in [0.25, 0.3) is 0 Å². The number of carboxylic acids is 1. The Hall–Kier alpha value is -0.150. The number of hydrogen-bond donors (Lipinski definition) is 5. The fraction of sp³-hybridized carbons (Fsp3) is 0.833. The summed E-state index contributed by atoms with van der Waals surface area (Å²) in [7, 11) is 0. The zero-order valence-electron chi connectivity index (χ0n) is 12.9. The molecule has 0 atom stereocenters. The Labute approximate surface area is 143 Å². The molecular formula is C12H27ClN2O4S2. The molecule has 0 radical (unpaired) electrons. The van der Waals surface area contributed by atoms with E-state index in [-0.39, 0.29) is 34.4 Å². The molecule has 6 nitrogen and oxygen atoms in total. The van der Waals surface area contributed by atoms with Crippen LogP contribution in [0, 0.1) is 0 Å². The van der Waals surface area contributed by atoms with E-state index in [1.165, 1.54) is 0 Å². The van der Waals surface area contributed by atoms with Crippen molar-refractivity contribution in [2.75, 3.05) is 26.3 Å². The van der Waals surface area contributed by atoms with Crippen molar-refractivity contribution in [3.05, 3.63) is 0 Å². The summed E-state index contributed by atoms with van der Waals surface area (Å²) in [6.07, 6.45) is 0. The highest BCUT2D eigenvalue weighted by molar-refractivity contribution is 7.82. The van der Waals surface area contributed by atoms with E-state index in [1.54, 1.807) is 0 Å². The number of thiol groups is 2. The first kappa shape index (κ1) is 25.8. The molecule has 0 saturated carbocycles. The molecule has 128 valence electrons. The lowest BCUT2D eigenvalue weighted by Crippen LogP contribution is -2.37. The highest BCUT2D eigenvalue weighted by Crippen LogP contribution is 2.08. The number of aliphatic carboxylic acids is 1. The van der Waals surface area contributed by atoms with Gasteiger partial charge in [-0.2, -0.15) is 25.3 Å². The molecule has 0 unspecified atom stereocenters. The van der Waals surface area contributed by atoms with Crippen molar-refractivity contribution in [1.82, 2.24) is 5.32 Å². The summed E-state index contributed by atoms with van der Waals surface area (Å²) >= 11 is 8.33. The second-order valence-corrected chi connectivity index (χ2v) is 7.91. The lowest BCUT2D eigenvalue weighted by molar-refractivity contribution is -0.143. The van der Waals surface area contributed by atoms with Gasteiger partial charge in [0.1, 0.15) is 13.2 Å². The number of amides is 1. The average Bonchev–Trinajstić information content (AvgIpc) is 2.25. The Kier molecular flexibility index (Phi) is 15.2. The van der Waals surface area contributed by atoms with Gasteiger partial charge in [-0.1, -0.05) is 0 Å².